The molecule has 0 radical (unpaired) electrons. The van der Waals surface area contributed by atoms with E-state index in [-0.39, 0.29) is 11.3 Å². The van der Waals surface area contributed by atoms with Crippen molar-refractivity contribution in [1.29, 1.82) is 0 Å². The monoisotopic (exact) mass is 407 g/mol. The molecule has 1 aliphatic rings. The molecule has 154 valence electrons. The fourth-order valence-electron chi connectivity index (χ4n) is 3.41. The number of sulfonamides is 1. The topological polar surface area (TPSA) is 90.2 Å². The standard InChI is InChI=1S/C19H29N5O3S/c1-13-18(14(2)23(6)22-13)28(25,26)24-10-9-15(11-24)12-27-17-8-7-16(20-21-17)19(3,4)5/h7-8,15H,9-12H2,1-6H3. The largest absolute Gasteiger partial charge is 0.476 e. The van der Waals surface area contributed by atoms with Crippen molar-refractivity contribution in [3.8, 4) is 5.88 Å². The van der Waals surface area contributed by atoms with Crippen LogP contribution in [-0.4, -0.2) is 52.4 Å². The van der Waals surface area contributed by atoms with Gasteiger partial charge in [0.15, 0.2) is 0 Å². The lowest BCUT2D eigenvalue weighted by molar-refractivity contribution is 0.243. The molecule has 3 rings (SSSR count). The van der Waals surface area contributed by atoms with Gasteiger partial charge in [-0.15, -0.1) is 5.10 Å². The minimum Gasteiger partial charge on any atom is -0.476 e. The van der Waals surface area contributed by atoms with Crippen LogP contribution in [0.15, 0.2) is 17.0 Å². The first-order valence-corrected chi connectivity index (χ1v) is 10.9. The van der Waals surface area contributed by atoms with Gasteiger partial charge in [-0.25, -0.2) is 8.42 Å². The lowest BCUT2D eigenvalue weighted by atomic mass is 9.92. The predicted molar refractivity (Wildman–Crippen MR) is 106 cm³/mol. The van der Waals surface area contributed by atoms with E-state index in [1.165, 1.54) is 4.31 Å². The molecule has 0 aromatic carbocycles. The molecule has 1 aliphatic heterocycles. The molecule has 8 nitrogen and oxygen atoms in total. The zero-order chi connectivity index (χ0) is 20.7. The van der Waals surface area contributed by atoms with E-state index in [0.717, 1.165) is 12.1 Å². The molecular formula is C19H29N5O3S. The number of hydrogen-bond donors (Lipinski definition) is 0. The normalized spacial score (nSPS) is 18.6. The summed E-state index contributed by atoms with van der Waals surface area (Å²) in [5.41, 5.74) is 2.04. The summed E-state index contributed by atoms with van der Waals surface area (Å²) in [5.74, 6) is 0.587. The van der Waals surface area contributed by atoms with E-state index in [2.05, 4.69) is 36.1 Å². The van der Waals surface area contributed by atoms with Gasteiger partial charge in [-0.2, -0.15) is 14.5 Å². The number of rotatable bonds is 5. The molecule has 1 saturated heterocycles. The zero-order valence-electron chi connectivity index (χ0n) is 17.4. The van der Waals surface area contributed by atoms with Gasteiger partial charge < -0.3 is 4.74 Å². The van der Waals surface area contributed by atoms with Crippen molar-refractivity contribution in [2.24, 2.45) is 13.0 Å². The lowest BCUT2D eigenvalue weighted by Gasteiger charge is -2.18. The van der Waals surface area contributed by atoms with Crippen molar-refractivity contribution in [2.75, 3.05) is 19.7 Å². The third-order valence-corrected chi connectivity index (χ3v) is 7.28. The highest BCUT2D eigenvalue weighted by Crippen LogP contribution is 2.28. The molecule has 2 aromatic heterocycles. The average molecular weight is 408 g/mol. The van der Waals surface area contributed by atoms with Gasteiger partial charge in [0.1, 0.15) is 4.90 Å². The molecule has 0 spiro atoms. The van der Waals surface area contributed by atoms with Crippen molar-refractivity contribution in [3.63, 3.8) is 0 Å². The molecule has 0 saturated carbocycles. The average Bonchev–Trinajstić information content (AvgIpc) is 3.18. The van der Waals surface area contributed by atoms with E-state index in [1.807, 2.05) is 12.1 Å². The van der Waals surface area contributed by atoms with Crippen molar-refractivity contribution >= 4 is 10.0 Å². The molecule has 1 atom stereocenters. The number of hydrogen-bond acceptors (Lipinski definition) is 6. The molecule has 2 aromatic rings. The van der Waals surface area contributed by atoms with Gasteiger partial charge in [0, 0.05) is 37.5 Å². The highest BCUT2D eigenvalue weighted by atomic mass is 32.2. The van der Waals surface area contributed by atoms with Crippen LogP contribution in [0.5, 0.6) is 5.88 Å². The SMILES string of the molecule is Cc1nn(C)c(C)c1S(=O)(=O)N1CCC(COc2ccc(C(C)(C)C)nn2)C1. The molecule has 0 bridgehead atoms. The zero-order valence-corrected chi connectivity index (χ0v) is 18.2. The quantitative estimate of drug-likeness (QED) is 0.755. The van der Waals surface area contributed by atoms with Crippen LogP contribution in [0, 0.1) is 19.8 Å². The summed E-state index contributed by atoms with van der Waals surface area (Å²) >= 11 is 0. The Balaban J connectivity index is 1.62. The maximum absolute atomic E-state index is 13.1. The molecule has 28 heavy (non-hydrogen) atoms. The first-order chi connectivity index (χ1) is 13.0. The Bertz CT molecular complexity index is 945. The number of nitrogens with zero attached hydrogens (tertiary/aromatic N) is 5. The summed E-state index contributed by atoms with van der Waals surface area (Å²) in [6.45, 7) is 11.1. The summed E-state index contributed by atoms with van der Waals surface area (Å²) in [7, 11) is -1.79. The predicted octanol–water partition coefficient (Wildman–Crippen LogP) is 2.21. The van der Waals surface area contributed by atoms with Crippen molar-refractivity contribution < 1.29 is 13.2 Å². The molecule has 3 heterocycles. The second-order valence-corrected chi connectivity index (χ2v) is 10.3. The van der Waals surface area contributed by atoms with Gasteiger partial charge in [0.2, 0.25) is 15.9 Å². The van der Waals surface area contributed by atoms with Crippen LogP contribution in [0.4, 0.5) is 0 Å². The summed E-state index contributed by atoms with van der Waals surface area (Å²) in [6, 6.07) is 3.74. The van der Waals surface area contributed by atoms with Crippen LogP contribution in [-0.2, 0) is 22.5 Å². The highest BCUT2D eigenvalue weighted by Gasteiger charge is 2.36. The van der Waals surface area contributed by atoms with Crippen molar-refractivity contribution in [2.45, 2.75) is 51.3 Å². The fourth-order valence-corrected chi connectivity index (χ4v) is 5.34. The third-order valence-electron chi connectivity index (χ3n) is 5.16. The third kappa shape index (κ3) is 4.05. The number of ether oxygens (including phenoxy) is 1. The maximum Gasteiger partial charge on any atom is 0.246 e. The summed E-state index contributed by atoms with van der Waals surface area (Å²) in [5, 5.41) is 12.6. The van der Waals surface area contributed by atoms with Gasteiger partial charge in [0.25, 0.3) is 0 Å². The Labute approximate surface area is 167 Å². The molecule has 0 aliphatic carbocycles. The number of aromatic nitrogens is 4. The molecular weight excluding hydrogens is 378 g/mol. The Morgan fingerprint density at radius 3 is 2.46 bits per heavy atom. The van der Waals surface area contributed by atoms with E-state index in [1.54, 1.807) is 25.6 Å². The van der Waals surface area contributed by atoms with Gasteiger partial charge in [-0.1, -0.05) is 20.8 Å². The van der Waals surface area contributed by atoms with Gasteiger partial charge in [0.05, 0.1) is 23.7 Å². The van der Waals surface area contributed by atoms with Gasteiger partial charge in [-0.05, 0) is 26.3 Å². The Kier molecular flexibility index (Phi) is 5.51. The first kappa shape index (κ1) is 20.7. The molecule has 9 heteroatoms. The van der Waals surface area contributed by atoms with E-state index in [0.29, 0.717) is 41.9 Å². The van der Waals surface area contributed by atoms with Gasteiger partial charge in [-0.3, -0.25) is 4.68 Å². The second kappa shape index (κ2) is 7.44. The van der Waals surface area contributed by atoms with E-state index in [4.69, 9.17) is 4.74 Å². The maximum atomic E-state index is 13.1. The lowest BCUT2D eigenvalue weighted by Crippen LogP contribution is -2.30. The minimum absolute atomic E-state index is 0.0611. The summed E-state index contributed by atoms with van der Waals surface area (Å²) in [6.07, 6.45) is 0.755. The fraction of sp³-hybridized carbons (Fsp3) is 0.632. The smallest absolute Gasteiger partial charge is 0.246 e. The summed E-state index contributed by atoms with van der Waals surface area (Å²) < 4.78 is 35.0. The Morgan fingerprint density at radius 1 is 1.21 bits per heavy atom. The summed E-state index contributed by atoms with van der Waals surface area (Å²) in [4.78, 5) is 0.320. The van der Waals surface area contributed by atoms with Crippen LogP contribution >= 0.6 is 0 Å². The first-order valence-electron chi connectivity index (χ1n) is 9.47. The van der Waals surface area contributed by atoms with E-state index < -0.39 is 10.0 Å². The van der Waals surface area contributed by atoms with Gasteiger partial charge >= 0.3 is 0 Å². The molecule has 0 N–H and O–H groups in total. The molecule has 0 amide bonds. The van der Waals surface area contributed by atoms with E-state index >= 15 is 0 Å². The van der Waals surface area contributed by atoms with Crippen LogP contribution in [0.1, 0.15) is 44.3 Å². The molecule has 1 fully saturated rings. The highest BCUT2D eigenvalue weighted by molar-refractivity contribution is 7.89. The Hall–Kier alpha value is -2.00. The molecule has 1 unspecified atom stereocenters. The Morgan fingerprint density at radius 2 is 1.93 bits per heavy atom. The van der Waals surface area contributed by atoms with Crippen molar-refractivity contribution in [3.05, 3.63) is 29.2 Å². The van der Waals surface area contributed by atoms with Crippen molar-refractivity contribution in [1.82, 2.24) is 24.3 Å². The van der Waals surface area contributed by atoms with Crippen LogP contribution < -0.4 is 4.74 Å². The number of aryl methyl sites for hydroxylation is 2. The van der Waals surface area contributed by atoms with E-state index in [9.17, 15) is 8.42 Å². The van der Waals surface area contributed by atoms with Crippen LogP contribution in [0.2, 0.25) is 0 Å². The van der Waals surface area contributed by atoms with Crippen LogP contribution in [0.3, 0.4) is 0 Å². The van der Waals surface area contributed by atoms with Crippen LogP contribution in [0.25, 0.3) is 0 Å². The minimum atomic E-state index is -3.55. The second-order valence-electron chi connectivity index (χ2n) is 8.46.